The summed E-state index contributed by atoms with van der Waals surface area (Å²) in [6.07, 6.45) is 0. The Bertz CT molecular complexity index is 383. The Morgan fingerprint density at radius 3 is 2.25 bits per heavy atom. The Morgan fingerprint density at radius 2 is 1.94 bits per heavy atom. The molecule has 1 unspecified atom stereocenters. The second-order valence-electron chi connectivity index (χ2n) is 5.70. The summed E-state index contributed by atoms with van der Waals surface area (Å²) in [4.78, 5) is 1.31. The van der Waals surface area contributed by atoms with Gasteiger partial charge in [-0.15, -0.1) is 11.3 Å². The van der Waals surface area contributed by atoms with Gasteiger partial charge in [0.1, 0.15) is 0 Å². The lowest BCUT2D eigenvalue weighted by atomic mass is 10.0. The van der Waals surface area contributed by atoms with Gasteiger partial charge in [-0.1, -0.05) is 27.7 Å². The fourth-order valence-electron chi connectivity index (χ4n) is 2.93. The molecular weight excluding hydrogens is 284 g/mol. The summed E-state index contributed by atoms with van der Waals surface area (Å²) >= 11 is 5.36. The average Bonchev–Trinajstić information content (AvgIpc) is 2.54. The number of hydrogen-bond acceptors (Lipinski definition) is 3. The van der Waals surface area contributed by atoms with Crippen molar-refractivity contribution >= 4 is 27.3 Å². The Kier molecular flexibility index (Phi) is 2.98. The van der Waals surface area contributed by atoms with Crippen molar-refractivity contribution in [2.45, 2.75) is 33.7 Å². The molecule has 1 aliphatic rings. The molecule has 0 bridgehead atoms. The van der Waals surface area contributed by atoms with Crippen LogP contribution in [0.4, 0.5) is 0 Å². The maximum Gasteiger partial charge on any atom is 0.0603 e. The quantitative estimate of drug-likeness (QED) is 0.660. The molecule has 0 saturated heterocycles. The molecule has 2 nitrogen and oxygen atoms in total. The van der Waals surface area contributed by atoms with Crippen LogP contribution in [0, 0.1) is 16.7 Å². The van der Waals surface area contributed by atoms with Crippen LogP contribution in [0.2, 0.25) is 0 Å². The van der Waals surface area contributed by atoms with E-state index in [9.17, 15) is 0 Å². The Labute approximate surface area is 110 Å². The van der Waals surface area contributed by atoms with Crippen molar-refractivity contribution in [2.75, 3.05) is 0 Å². The predicted octanol–water partition coefficient (Wildman–Crippen LogP) is 3.70. The number of hydrogen-bond donors (Lipinski definition) is 2. The topological polar surface area (TPSA) is 38.0 Å². The first-order valence-electron chi connectivity index (χ1n) is 5.53. The molecule has 1 atom stereocenters. The SMILES string of the molecule is CC1(C)C(C(NN)c2sccc2Br)C1(C)C. The molecule has 0 aromatic carbocycles. The highest BCUT2D eigenvalue weighted by molar-refractivity contribution is 9.10. The monoisotopic (exact) mass is 302 g/mol. The molecule has 1 saturated carbocycles. The van der Waals surface area contributed by atoms with E-state index in [0.29, 0.717) is 16.7 Å². The maximum atomic E-state index is 5.75. The van der Waals surface area contributed by atoms with Crippen LogP contribution in [-0.2, 0) is 0 Å². The molecular formula is C12H19BrN2S. The first-order chi connectivity index (χ1) is 7.34. The third-order valence-electron chi connectivity index (χ3n) is 4.57. The summed E-state index contributed by atoms with van der Waals surface area (Å²) in [6, 6.07) is 2.34. The van der Waals surface area contributed by atoms with Crippen LogP contribution in [-0.4, -0.2) is 0 Å². The van der Waals surface area contributed by atoms with E-state index in [0.717, 1.165) is 0 Å². The van der Waals surface area contributed by atoms with E-state index in [4.69, 9.17) is 5.84 Å². The number of nitrogens with one attached hydrogen (secondary N) is 1. The molecule has 0 aliphatic heterocycles. The average molecular weight is 303 g/mol. The Balaban J connectivity index is 2.31. The second kappa shape index (κ2) is 3.80. The molecule has 2 rings (SSSR count). The van der Waals surface area contributed by atoms with Crippen molar-refractivity contribution in [3.8, 4) is 0 Å². The van der Waals surface area contributed by atoms with Crippen LogP contribution < -0.4 is 11.3 Å². The van der Waals surface area contributed by atoms with Gasteiger partial charge in [0.15, 0.2) is 0 Å². The minimum Gasteiger partial charge on any atom is -0.271 e. The number of rotatable bonds is 3. The van der Waals surface area contributed by atoms with Gasteiger partial charge in [0.2, 0.25) is 0 Å². The zero-order valence-electron chi connectivity index (χ0n) is 10.2. The van der Waals surface area contributed by atoms with Gasteiger partial charge in [-0.2, -0.15) is 0 Å². The molecule has 0 radical (unpaired) electrons. The highest BCUT2D eigenvalue weighted by Crippen LogP contribution is 2.72. The molecule has 0 amide bonds. The molecule has 1 aromatic heterocycles. The lowest BCUT2D eigenvalue weighted by Gasteiger charge is -2.17. The van der Waals surface area contributed by atoms with Gasteiger partial charge in [0.05, 0.1) is 6.04 Å². The van der Waals surface area contributed by atoms with Gasteiger partial charge in [-0.3, -0.25) is 11.3 Å². The van der Waals surface area contributed by atoms with Crippen LogP contribution in [0.15, 0.2) is 15.9 Å². The van der Waals surface area contributed by atoms with Crippen molar-refractivity contribution in [3.05, 3.63) is 20.8 Å². The number of nitrogens with two attached hydrogens (primary N) is 1. The zero-order chi connectivity index (χ0) is 12.1. The number of hydrazine groups is 1. The molecule has 1 fully saturated rings. The van der Waals surface area contributed by atoms with E-state index in [1.165, 1.54) is 9.35 Å². The normalized spacial score (nSPS) is 24.4. The molecule has 4 heteroatoms. The summed E-state index contributed by atoms with van der Waals surface area (Å²) < 4.78 is 1.17. The maximum absolute atomic E-state index is 5.75. The number of thiophene rings is 1. The van der Waals surface area contributed by atoms with Gasteiger partial charge in [0.25, 0.3) is 0 Å². The van der Waals surface area contributed by atoms with Gasteiger partial charge < -0.3 is 0 Å². The highest BCUT2D eigenvalue weighted by atomic mass is 79.9. The molecule has 90 valence electrons. The van der Waals surface area contributed by atoms with E-state index in [1.807, 2.05) is 0 Å². The summed E-state index contributed by atoms with van der Waals surface area (Å²) in [6.45, 7) is 9.29. The summed E-state index contributed by atoms with van der Waals surface area (Å²) in [7, 11) is 0. The first-order valence-corrected chi connectivity index (χ1v) is 7.20. The molecule has 16 heavy (non-hydrogen) atoms. The molecule has 1 aromatic rings. The van der Waals surface area contributed by atoms with Crippen molar-refractivity contribution < 1.29 is 0 Å². The standard InChI is InChI=1S/C12H19BrN2S/c1-11(2)10(12(11,3)4)8(15-14)9-7(13)5-6-16-9/h5-6,8,10,15H,14H2,1-4H3. The largest absolute Gasteiger partial charge is 0.271 e. The predicted molar refractivity (Wildman–Crippen MR) is 73.1 cm³/mol. The van der Waals surface area contributed by atoms with E-state index in [2.05, 4.69) is 60.5 Å². The Hall–Kier alpha value is 0.100. The van der Waals surface area contributed by atoms with Gasteiger partial charge in [-0.25, -0.2) is 0 Å². The van der Waals surface area contributed by atoms with E-state index >= 15 is 0 Å². The third kappa shape index (κ3) is 1.58. The van der Waals surface area contributed by atoms with Gasteiger partial charge >= 0.3 is 0 Å². The minimum absolute atomic E-state index is 0.249. The number of halogens is 1. The van der Waals surface area contributed by atoms with Crippen molar-refractivity contribution in [1.82, 2.24) is 5.43 Å². The second-order valence-corrected chi connectivity index (χ2v) is 7.50. The van der Waals surface area contributed by atoms with Crippen LogP contribution >= 0.6 is 27.3 Å². The van der Waals surface area contributed by atoms with Crippen molar-refractivity contribution in [3.63, 3.8) is 0 Å². The highest BCUT2D eigenvalue weighted by Gasteiger charge is 2.67. The van der Waals surface area contributed by atoms with Crippen LogP contribution in [0.1, 0.15) is 38.6 Å². The van der Waals surface area contributed by atoms with Crippen molar-refractivity contribution in [1.29, 1.82) is 0 Å². The fraction of sp³-hybridized carbons (Fsp3) is 0.667. The lowest BCUT2D eigenvalue weighted by molar-refractivity contribution is 0.422. The van der Waals surface area contributed by atoms with Gasteiger partial charge in [0, 0.05) is 9.35 Å². The Morgan fingerprint density at radius 1 is 1.38 bits per heavy atom. The van der Waals surface area contributed by atoms with Crippen LogP contribution in [0.25, 0.3) is 0 Å². The summed E-state index contributed by atoms with van der Waals surface area (Å²) in [5.41, 5.74) is 3.68. The zero-order valence-corrected chi connectivity index (χ0v) is 12.6. The molecule has 1 heterocycles. The lowest BCUT2D eigenvalue weighted by Crippen LogP contribution is -2.30. The van der Waals surface area contributed by atoms with Crippen molar-refractivity contribution in [2.24, 2.45) is 22.6 Å². The third-order valence-corrected chi connectivity index (χ3v) is 6.53. The van der Waals surface area contributed by atoms with E-state index < -0.39 is 0 Å². The molecule has 3 N–H and O–H groups in total. The summed E-state index contributed by atoms with van der Waals surface area (Å²) in [5.74, 6) is 6.34. The van der Waals surface area contributed by atoms with Crippen LogP contribution in [0.5, 0.6) is 0 Å². The molecule has 1 aliphatic carbocycles. The molecule has 0 spiro atoms. The first kappa shape index (κ1) is 12.6. The fourth-order valence-corrected chi connectivity index (χ4v) is 4.65. The van der Waals surface area contributed by atoms with E-state index in [-0.39, 0.29) is 6.04 Å². The smallest absolute Gasteiger partial charge is 0.0603 e. The van der Waals surface area contributed by atoms with Gasteiger partial charge in [-0.05, 0) is 44.1 Å². The minimum atomic E-state index is 0.249. The summed E-state index contributed by atoms with van der Waals surface area (Å²) in [5, 5.41) is 2.10. The van der Waals surface area contributed by atoms with Crippen LogP contribution in [0.3, 0.4) is 0 Å². The van der Waals surface area contributed by atoms with E-state index in [1.54, 1.807) is 11.3 Å².